The number of rotatable bonds is 4. The van der Waals surface area contributed by atoms with Crippen molar-refractivity contribution in [2.75, 3.05) is 14.2 Å². The lowest BCUT2D eigenvalue weighted by Gasteiger charge is -2.20. The van der Waals surface area contributed by atoms with Crippen LogP contribution in [0.1, 0.15) is 17.2 Å². The second-order valence-electron chi connectivity index (χ2n) is 4.19. The molecule has 0 bridgehead atoms. The van der Waals surface area contributed by atoms with Crippen LogP contribution in [0.15, 0.2) is 40.9 Å². The van der Waals surface area contributed by atoms with Crippen molar-refractivity contribution < 1.29 is 13.9 Å². The van der Waals surface area contributed by atoms with Crippen molar-refractivity contribution in [2.24, 2.45) is 5.73 Å². The Balaban J connectivity index is 2.61. The van der Waals surface area contributed by atoms with Gasteiger partial charge in [0.25, 0.3) is 0 Å². The molecule has 0 amide bonds. The largest absolute Gasteiger partial charge is 0.496 e. The van der Waals surface area contributed by atoms with E-state index in [1.54, 1.807) is 44.6 Å². The molecule has 0 saturated heterocycles. The van der Waals surface area contributed by atoms with Gasteiger partial charge in [-0.05, 0) is 24.3 Å². The second kappa shape index (κ2) is 6.24. The molecule has 1 atom stereocenters. The summed E-state index contributed by atoms with van der Waals surface area (Å²) in [5.41, 5.74) is 7.23. The fraction of sp³-hybridized carbons (Fsp3) is 0.200. The van der Waals surface area contributed by atoms with Gasteiger partial charge in [-0.2, -0.15) is 0 Å². The highest BCUT2D eigenvalue weighted by Gasteiger charge is 2.23. The maximum Gasteiger partial charge on any atom is 0.129 e. The summed E-state index contributed by atoms with van der Waals surface area (Å²) in [5, 5.41) is 0. The Morgan fingerprint density at radius 1 is 1.00 bits per heavy atom. The zero-order valence-electron chi connectivity index (χ0n) is 11.2. The van der Waals surface area contributed by atoms with E-state index in [0.29, 0.717) is 27.1 Å². The average molecular weight is 340 g/mol. The van der Waals surface area contributed by atoms with Crippen LogP contribution in [0.4, 0.5) is 4.39 Å². The molecular weight excluding hydrogens is 325 g/mol. The molecule has 0 spiro atoms. The standard InChI is InChI=1S/C15H15BrFNO2/c1-19-11-7-4-8-12(20-2)14(11)15(18)13-9(16)5-3-6-10(13)17/h3-8,15H,18H2,1-2H3. The molecule has 2 N–H and O–H groups in total. The second-order valence-corrected chi connectivity index (χ2v) is 5.04. The number of benzene rings is 2. The van der Waals surface area contributed by atoms with Gasteiger partial charge in [0.05, 0.1) is 25.8 Å². The molecular formula is C15H15BrFNO2. The molecule has 3 nitrogen and oxygen atoms in total. The highest BCUT2D eigenvalue weighted by atomic mass is 79.9. The van der Waals surface area contributed by atoms with E-state index >= 15 is 0 Å². The van der Waals surface area contributed by atoms with Gasteiger partial charge in [-0.25, -0.2) is 4.39 Å². The molecule has 0 radical (unpaired) electrons. The van der Waals surface area contributed by atoms with Crippen molar-refractivity contribution in [3.8, 4) is 11.5 Å². The minimum absolute atomic E-state index is 0.371. The first kappa shape index (κ1) is 14.8. The van der Waals surface area contributed by atoms with E-state index in [1.165, 1.54) is 6.07 Å². The van der Waals surface area contributed by atoms with Crippen LogP contribution >= 0.6 is 15.9 Å². The van der Waals surface area contributed by atoms with Crippen molar-refractivity contribution in [1.82, 2.24) is 0 Å². The summed E-state index contributed by atoms with van der Waals surface area (Å²) < 4.78 is 25.3. The zero-order valence-corrected chi connectivity index (χ0v) is 12.8. The highest BCUT2D eigenvalue weighted by molar-refractivity contribution is 9.10. The monoisotopic (exact) mass is 339 g/mol. The lowest BCUT2D eigenvalue weighted by Crippen LogP contribution is -2.16. The van der Waals surface area contributed by atoms with Gasteiger partial charge >= 0.3 is 0 Å². The van der Waals surface area contributed by atoms with Crippen molar-refractivity contribution >= 4 is 15.9 Å². The van der Waals surface area contributed by atoms with Crippen molar-refractivity contribution in [3.05, 3.63) is 57.8 Å². The predicted molar refractivity (Wildman–Crippen MR) is 79.7 cm³/mol. The fourth-order valence-corrected chi connectivity index (χ4v) is 2.73. The lowest BCUT2D eigenvalue weighted by molar-refractivity contribution is 0.381. The number of methoxy groups -OCH3 is 2. The van der Waals surface area contributed by atoms with Gasteiger partial charge in [0, 0.05) is 10.0 Å². The Morgan fingerprint density at radius 3 is 2.05 bits per heavy atom. The summed E-state index contributed by atoms with van der Waals surface area (Å²) >= 11 is 3.34. The quantitative estimate of drug-likeness (QED) is 0.924. The van der Waals surface area contributed by atoms with Crippen LogP contribution in [0.2, 0.25) is 0 Å². The Hall–Kier alpha value is -1.59. The summed E-state index contributed by atoms with van der Waals surface area (Å²) in [6.45, 7) is 0. The van der Waals surface area contributed by atoms with Crippen LogP contribution in [0.25, 0.3) is 0 Å². The molecule has 5 heteroatoms. The molecule has 0 saturated carbocycles. The predicted octanol–water partition coefficient (Wildman–Crippen LogP) is 3.65. The third-order valence-electron chi connectivity index (χ3n) is 3.09. The van der Waals surface area contributed by atoms with Crippen LogP contribution in [-0.4, -0.2) is 14.2 Å². The molecule has 0 aromatic heterocycles. The third-order valence-corrected chi connectivity index (χ3v) is 3.78. The number of nitrogens with two attached hydrogens (primary N) is 1. The maximum atomic E-state index is 14.1. The molecule has 0 aliphatic rings. The summed E-state index contributed by atoms with van der Waals surface area (Å²) in [6, 6.07) is 9.39. The third kappa shape index (κ3) is 2.64. The van der Waals surface area contributed by atoms with E-state index in [2.05, 4.69) is 15.9 Å². The van der Waals surface area contributed by atoms with Crippen LogP contribution in [0.5, 0.6) is 11.5 Å². The molecule has 1 unspecified atom stereocenters. The maximum absolute atomic E-state index is 14.1. The van der Waals surface area contributed by atoms with Crippen molar-refractivity contribution in [2.45, 2.75) is 6.04 Å². The molecule has 0 fully saturated rings. The Bertz CT molecular complexity index is 576. The van der Waals surface area contributed by atoms with E-state index in [0.717, 1.165) is 0 Å². The molecule has 20 heavy (non-hydrogen) atoms. The first-order chi connectivity index (χ1) is 9.60. The van der Waals surface area contributed by atoms with Gasteiger partial charge in [-0.1, -0.05) is 28.1 Å². The molecule has 2 aromatic carbocycles. The van der Waals surface area contributed by atoms with Crippen molar-refractivity contribution in [3.63, 3.8) is 0 Å². The minimum Gasteiger partial charge on any atom is -0.496 e. The van der Waals surface area contributed by atoms with Gasteiger partial charge < -0.3 is 15.2 Å². The van der Waals surface area contributed by atoms with Crippen LogP contribution in [0, 0.1) is 5.82 Å². The Kier molecular flexibility index (Phi) is 4.62. The average Bonchev–Trinajstić information content (AvgIpc) is 2.45. The summed E-state index contributed by atoms with van der Waals surface area (Å²) in [6.07, 6.45) is 0. The molecule has 2 aromatic rings. The van der Waals surface area contributed by atoms with E-state index in [-0.39, 0.29) is 5.82 Å². The topological polar surface area (TPSA) is 44.5 Å². The number of halogens is 2. The van der Waals surface area contributed by atoms with Crippen molar-refractivity contribution in [1.29, 1.82) is 0 Å². The smallest absolute Gasteiger partial charge is 0.129 e. The highest BCUT2D eigenvalue weighted by Crippen LogP contribution is 2.38. The first-order valence-electron chi connectivity index (χ1n) is 6.00. The summed E-state index contributed by atoms with van der Waals surface area (Å²) in [5.74, 6) is 0.749. The summed E-state index contributed by atoms with van der Waals surface area (Å²) in [7, 11) is 3.09. The van der Waals surface area contributed by atoms with Gasteiger partial charge in [-0.15, -0.1) is 0 Å². The molecule has 0 heterocycles. The normalized spacial score (nSPS) is 12.1. The van der Waals surface area contributed by atoms with E-state index in [9.17, 15) is 4.39 Å². The van der Waals surface area contributed by atoms with Crippen LogP contribution in [-0.2, 0) is 0 Å². The Labute approximate surface area is 125 Å². The number of ether oxygens (including phenoxy) is 2. The van der Waals surface area contributed by atoms with Gasteiger partial charge in [0.1, 0.15) is 17.3 Å². The Morgan fingerprint density at radius 2 is 1.55 bits per heavy atom. The molecule has 0 aliphatic heterocycles. The zero-order chi connectivity index (χ0) is 14.7. The lowest BCUT2D eigenvalue weighted by atomic mass is 9.97. The molecule has 2 rings (SSSR count). The SMILES string of the molecule is COc1cccc(OC)c1C(N)c1c(F)cccc1Br. The van der Waals surface area contributed by atoms with Gasteiger partial charge in [0.15, 0.2) is 0 Å². The fourth-order valence-electron chi connectivity index (χ4n) is 2.14. The molecule has 0 aliphatic carbocycles. The van der Waals surface area contributed by atoms with Crippen LogP contribution < -0.4 is 15.2 Å². The number of hydrogen-bond acceptors (Lipinski definition) is 3. The van der Waals surface area contributed by atoms with E-state index in [4.69, 9.17) is 15.2 Å². The first-order valence-corrected chi connectivity index (χ1v) is 6.79. The summed E-state index contributed by atoms with van der Waals surface area (Å²) in [4.78, 5) is 0. The van der Waals surface area contributed by atoms with Crippen LogP contribution in [0.3, 0.4) is 0 Å². The van der Waals surface area contributed by atoms with E-state index in [1.807, 2.05) is 0 Å². The molecule has 106 valence electrons. The van der Waals surface area contributed by atoms with E-state index < -0.39 is 6.04 Å². The minimum atomic E-state index is -0.698. The van der Waals surface area contributed by atoms with Gasteiger partial charge in [0.2, 0.25) is 0 Å². The van der Waals surface area contributed by atoms with Gasteiger partial charge in [-0.3, -0.25) is 0 Å². The number of hydrogen-bond donors (Lipinski definition) is 1.